The van der Waals surface area contributed by atoms with E-state index < -0.39 is 4.92 Å². The fraction of sp³-hybridized carbons (Fsp3) is 0.444. The van der Waals surface area contributed by atoms with Gasteiger partial charge >= 0.3 is 5.69 Å². The molecular weight excluding hydrogens is 240 g/mol. The van der Waals surface area contributed by atoms with Crippen LogP contribution in [0.15, 0.2) is 4.52 Å². The van der Waals surface area contributed by atoms with Gasteiger partial charge in [0.05, 0.1) is 11.5 Å². The summed E-state index contributed by atoms with van der Waals surface area (Å²) in [5.41, 5.74) is 0.306. The molecule has 18 heavy (non-hydrogen) atoms. The zero-order chi connectivity index (χ0) is 13.3. The molecule has 0 amide bonds. The summed E-state index contributed by atoms with van der Waals surface area (Å²) in [6.07, 6.45) is 0. The Morgan fingerprint density at radius 1 is 1.50 bits per heavy atom. The topological polar surface area (TPSA) is 112 Å². The van der Waals surface area contributed by atoms with E-state index in [0.717, 1.165) is 0 Å². The van der Waals surface area contributed by atoms with E-state index in [1.165, 1.54) is 4.68 Å². The number of hydrogen-bond acceptors (Lipinski definition) is 7. The Bertz CT molecular complexity index is 587. The van der Waals surface area contributed by atoms with E-state index in [1.807, 2.05) is 0 Å². The normalized spacial score (nSPS) is 10.6. The van der Waals surface area contributed by atoms with Crippen LogP contribution in [0.2, 0.25) is 0 Å². The van der Waals surface area contributed by atoms with Gasteiger partial charge < -0.3 is 9.84 Å². The fourth-order valence-corrected chi connectivity index (χ4v) is 1.63. The summed E-state index contributed by atoms with van der Waals surface area (Å²) in [7, 11) is 1.63. The Morgan fingerprint density at radius 2 is 2.22 bits per heavy atom. The van der Waals surface area contributed by atoms with Crippen molar-refractivity contribution in [2.24, 2.45) is 7.05 Å². The summed E-state index contributed by atoms with van der Waals surface area (Å²) in [4.78, 5) is 14.5. The maximum atomic E-state index is 10.9. The van der Waals surface area contributed by atoms with E-state index in [2.05, 4.69) is 20.6 Å². The Morgan fingerprint density at radius 3 is 2.78 bits per heavy atom. The van der Waals surface area contributed by atoms with E-state index in [1.54, 1.807) is 20.9 Å². The minimum absolute atomic E-state index is 0.0475. The van der Waals surface area contributed by atoms with Gasteiger partial charge in [0.15, 0.2) is 5.82 Å². The Kier molecular flexibility index (Phi) is 2.96. The van der Waals surface area contributed by atoms with Crippen molar-refractivity contribution in [3.63, 3.8) is 0 Å². The zero-order valence-electron chi connectivity index (χ0n) is 10.2. The molecule has 0 saturated heterocycles. The molecule has 1 N–H and O–H groups in total. The molecule has 0 atom stereocenters. The molecule has 9 heteroatoms. The molecule has 0 aliphatic carbocycles. The number of aryl methyl sites for hydroxylation is 3. The lowest BCUT2D eigenvalue weighted by Crippen LogP contribution is -2.06. The van der Waals surface area contributed by atoms with Crippen molar-refractivity contribution in [1.29, 1.82) is 0 Å². The van der Waals surface area contributed by atoms with Crippen LogP contribution in [-0.4, -0.2) is 24.8 Å². The molecule has 9 nitrogen and oxygen atoms in total. The first kappa shape index (κ1) is 12.0. The predicted molar refractivity (Wildman–Crippen MR) is 61.0 cm³/mol. The van der Waals surface area contributed by atoms with Crippen LogP contribution in [0.5, 0.6) is 0 Å². The van der Waals surface area contributed by atoms with Crippen LogP contribution in [0.1, 0.15) is 17.4 Å². The lowest BCUT2D eigenvalue weighted by molar-refractivity contribution is -0.384. The molecule has 2 aromatic heterocycles. The number of hydrogen-bond donors (Lipinski definition) is 1. The van der Waals surface area contributed by atoms with Crippen molar-refractivity contribution in [3.05, 3.63) is 27.5 Å². The third-order valence-electron chi connectivity index (χ3n) is 2.35. The lowest BCUT2D eigenvalue weighted by atomic mass is 10.4. The minimum atomic E-state index is -0.469. The molecule has 0 bridgehead atoms. The van der Waals surface area contributed by atoms with Gasteiger partial charge in [0.1, 0.15) is 5.69 Å². The van der Waals surface area contributed by atoms with E-state index in [0.29, 0.717) is 23.2 Å². The highest BCUT2D eigenvalue weighted by molar-refractivity contribution is 5.59. The molecule has 2 heterocycles. The van der Waals surface area contributed by atoms with Gasteiger partial charge in [0.25, 0.3) is 0 Å². The SMILES string of the molecule is Cc1noc(CNc2c([N+](=O)[O-])c(C)nn2C)n1. The molecule has 0 radical (unpaired) electrons. The average molecular weight is 252 g/mol. The Hall–Kier alpha value is -2.45. The van der Waals surface area contributed by atoms with Crippen LogP contribution in [-0.2, 0) is 13.6 Å². The largest absolute Gasteiger partial charge is 0.355 e. The van der Waals surface area contributed by atoms with Crippen molar-refractivity contribution in [3.8, 4) is 0 Å². The van der Waals surface area contributed by atoms with Crippen LogP contribution >= 0.6 is 0 Å². The highest BCUT2D eigenvalue weighted by atomic mass is 16.6. The zero-order valence-corrected chi connectivity index (χ0v) is 10.2. The maximum Gasteiger partial charge on any atom is 0.333 e. The predicted octanol–water partition coefficient (Wildman–Crippen LogP) is 0.940. The summed E-state index contributed by atoms with van der Waals surface area (Å²) in [5, 5.41) is 21.4. The summed E-state index contributed by atoms with van der Waals surface area (Å²) in [6, 6.07) is 0. The minimum Gasteiger partial charge on any atom is -0.355 e. The van der Waals surface area contributed by atoms with Gasteiger partial charge in [-0.3, -0.25) is 10.1 Å². The molecule has 2 rings (SSSR count). The molecule has 0 aliphatic heterocycles. The van der Waals surface area contributed by atoms with Crippen LogP contribution in [0.4, 0.5) is 11.5 Å². The second-order valence-electron chi connectivity index (χ2n) is 3.75. The summed E-state index contributed by atoms with van der Waals surface area (Å²) in [6.45, 7) is 3.49. The molecule has 0 unspecified atom stereocenters. The summed E-state index contributed by atoms with van der Waals surface area (Å²) >= 11 is 0. The molecule has 0 fully saturated rings. The smallest absolute Gasteiger partial charge is 0.333 e. The van der Waals surface area contributed by atoms with Crippen molar-refractivity contribution in [1.82, 2.24) is 19.9 Å². The number of nitrogens with zero attached hydrogens (tertiary/aromatic N) is 5. The van der Waals surface area contributed by atoms with Crippen LogP contribution < -0.4 is 5.32 Å². The first-order chi connectivity index (χ1) is 8.49. The summed E-state index contributed by atoms with van der Waals surface area (Å²) in [5.74, 6) is 1.19. The van der Waals surface area contributed by atoms with E-state index >= 15 is 0 Å². The molecule has 0 aliphatic rings. The van der Waals surface area contributed by atoms with Gasteiger partial charge in [0, 0.05) is 7.05 Å². The maximum absolute atomic E-state index is 10.9. The van der Waals surface area contributed by atoms with E-state index in [9.17, 15) is 10.1 Å². The van der Waals surface area contributed by atoms with Gasteiger partial charge in [-0.1, -0.05) is 5.16 Å². The number of anilines is 1. The number of aromatic nitrogens is 4. The second-order valence-corrected chi connectivity index (χ2v) is 3.75. The molecule has 0 aromatic carbocycles. The first-order valence-corrected chi connectivity index (χ1v) is 5.20. The second kappa shape index (κ2) is 4.43. The molecule has 0 saturated carbocycles. The van der Waals surface area contributed by atoms with E-state index in [-0.39, 0.29) is 12.2 Å². The Balaban J connectivity index is 2.21. The van der Waals surface area contributed by atoms with Gasteiger partial charge in [-0.05, 0) is 13.8 Å². The van der Waals surface area contributed by atoms with Crippen molar-refractivity contribution in [2.75, 3.05) is 5.32 Å². The molecular formula is C9H12N6O3. The first-order valence-electron chi connectivity index (χ1n) is 5.20. The standard InChI is InChI=1S/C9H12N6O3/c1-5-8(15(16)17)9(14(3)12-5)10-4-7-11-6(2)13-18-7/h10H,4H2,1-3H3. The number of nitro groups is 1. The molecule has 2 aromatic rings. The Labute approximate surface area is 102 Å². The summed E-state index contributed by atoms with van der Waals surface area (Å²) < 4.78 is 6.32. The highest BCUT2D eigenvalue weighted by Crippen LogP contribution is 2.27. The fourth-order valence-electron chi connectivity index (χ4n) is 1.63. The quantitative estimate of drug-likeness (QED) is 0.636. The average Bonchev–Trinajstić information content (AvgIpc) is 2.79. The molecule has 0 spiro atoms. The third-order valence-corrected chi connectivity index (χ3v) is 2.35. The lowest BCUT2D eigenvalue weighted by Gasteiger charge is -2.02. The van der Waals surface area contributed by atoms with Gasteiger partial charge in [-0.15, -0.1) is 0 Å². The van der Waals surface area contributed by atoms with Crippen LogP contribution in [0.25, 0.3) is 0 Å². The highest BCUT2D eigenvalue weighted by Gasteiger charge is 2.24. The molecule has 96 valence electrons. The van der Waals surface area contributed by atoms with Crippen molar-refractivity contribution >= 4 is 11.5 Å². The third kappa shape index (κ3) is 2.14. The van der Waals surface area contributed by atoms with Crippen molar-refractivity contribution < 1.29 is 9.45 Å². The van der Waals surface area contributed by atoms with E-state index in [4.69, 9.17) is 4.52 Å². The van der Waals surface area contributed by atoms with Crippen molar-refractivity contribution in [2.45, 2.75) is 20.4 Å². The van der Waals surface area contributed by atoms with Crippen LogP contribution in [0, 0.1) is 24.0 Å². The number of nitrogens with one attached hydrogen (secondary N) is 1. The van der Waals surface area contributed by atoms with Gasteiger partial charge in [0.2, 0.25) is 11.7 Å². The van der Waals surface area contributed by atoms with Gasteiger partial charge in [-0.25, -0.2) is 4.68 Å². The van der Waals surface area contributed by atoms with Crippen LogP contribution in [0.3, 0.4) is 0 Å². The van der Waals surface area contributed by atoms with Gasteiger partial charge in [-0.2, -0.15) is 10.1 Å². The number of rotatable bonds is 4. The monoisotopic (exact) mass is 252 g/mol.